The third-order valence-corrected chi connectivity index (χ3v) is 7.08. The highest BCUT2D eigenvalue weighted by molar-refractivity contribution is 5.98. The van der Waals surface area contributed by atoms with Crippen LogP contribution < -0.4 is 5.32 Å². The van der Waals surface area contributed by atoms with Crippen molar-refractivity contribution >= 4 is 16.7 Å². The lowest BCUT2D eigenvalue weighted by Crippen LogP contribution is -2.34. The first-order valence-corrected chi connectivity index (χ1v) is 11.5. The van der Waals surface area contributed by atoms with E-state index in [9.17, 15) is 9.70 Å². The first kappa shape index (κ1) is 22.2. The highest BCUT2D eigenvalue weighted by atomic mass is 16.3. The van der Waals surface area contributed by atoms with Gasteiger partial charge in [0.25, 0.3) is 5.91 Å². The highest BCUT2D eigenvalue weighted by Gasteiger charge is 2.37. The third kappa shape index (κ3) is 3.94. The van der Waals surface area contributed by atoms with Crippen LogP contribution in [0.2, 0.25) is 0 Å². The fourth-order valence-electron chi connectivity index (χ4n) is 4.93. The first-order valence-electron chi connectivity index (χ1n) is 11.5. The van der Waals surface area contributed by atoms with Crippen LogP contribution in [0.1, 0.15) is 86.1 Å². The van der Waals surface area contributed by atoms with Gasteiger partial charge < -0.3 is 5.32 Å². The van der Waals surface area contributed by atoms with E-state index in [4.69, 9.17) is 0 Å². The first-order chi connectivity index (χ1) is 15.2. The summed E-state index contributed by atoms with van der Waals surface area (Å²) in [6.45, 7) is 11.7. The number of carbonyl (C=O) groups excluding carboxylic acids is 1. The summed E-state index contributed by atoms with van der Waals surface area (Å²) in [7, 11) is 0. The van der Waals surface area contributed by atoms with E-state index in [1.54, 1.807) is 0 Å². The van der Waals surface area contributed by atoms with E-state index in [-0.39, 0.29) is 16.7 Å². The number of nitrogens with zero attached hydrogens (tertiary/aromatic N) is 1. The summed E-state index contributed by atoms with van der Waals surface area (Å²) < 4.78 is 0. The second kappa shape index (κ2) is 8.16. The van der Waals surface area contributed by atoms with Crippen molar-refractivity contribution in [3.8, 4) is 0 Å². The zero-order valence-corrected chi connectivity index (χ0v) is 19.7. The van der Waals surface area contributed by atoms with Gasteiger partial charge in [0.15, 0.2) is 0 Å². The van der Waals surface area contributed by atoms with Crippen LogP contribution in [0.4, 0.5) is 0 Å². The van der Waals surface area contributed by atoms with Crippen molar-refractivity contribution in [2.45, 2.75) is 64.3 Å². The number of fused-ring (bicyclic) bond motifs is 2. The molecule has 1 atom stereocenters. The molecule has 0 heterocycles. The molecule has 0 saturated heterocycles. The molecule has 0 aliphatic heterocycles. The van der Waals surface area contributed by atoms with Crippen LogP contribution in [0.15, 0.2) is 59.8 Å². The summed E-state index contributed by atoms with van der Waals surface area (Å²) >= 11 is 0. The predicted molar refractivity (Wildman–Crippen MR) is 131 cm³/mol. The predicted octanol–water partition coefficient (Wildman–Crippen LogP) is 6.79. The SMILES string of the molecule is CCNC(=O)c1ccc2cc(C(N=O)c3ccc4c(c3)C(C)(C)CCC4(C)C)ccc2c1. The van der Waals surface area contributed by atoms with E-state index in [2.05, 4.69) is 56.4 Å². The molecule has 1 aliphatic rings. The zero-order valence-electron chi connectivity index (χ0n) is 19.7. The Morgan fingerprint density at radius 1 is 0.875 bits per heavy atom. The molecule has 32 heavy (non-hydrogen) atoms. The Hall–Kier alpha value is -3.01. The van der Waals surface area contributed by atoms with Crippen LogP contribution in [0, 0.1) is 4.91 Å². The molecule has 4 heteroatoms. The second-order valence-corrected chi connectivity index (χ2v) is 10.3. The van der Waals surface area contributed by atoms with Crippen molar-refractivity contribution < 1.29 is 4.79 Å². The lowest BCUT2D eigenvalue weighted by atomic mass is 9.63. The van der Waals surface area contributed by atoms with Crippen LogP contribution >= 0.6 is 0 Å². The largest absolute Gasteiger partial charge is 0.352 e. The molecule has 1 N–H and O–H groups in total. The van der Waals surface area contributed by atoms with Crippen LogP contribution in [0.3, 0.4) is 0 Å². The molecule has 0 saturated carbocycles. The van der Waals surface area contributed by atoms with Gasteiger partial charge in [-0.25, -0.2) is 0 Å². The summed E-state index contributed by atoms with van der Waals surface area (Å²) in [6.07, 6.45) is 2.28. The molecule has 0 bridgehead atoms. The minimum Gasteiger partial charge on any atom is -0.352 e. The van der Waals surface area contributed by atoms with Crippen molar-refractivity contribution in [2.75, 3.05) is 6.54 Å². The Morgan fingerprint density at radius 2 is 1.47 bits per heavy atom. The van der Waals surface area contributed by atoms with Crippen molar-refractivity contribution in [2.24, 2.45) is 5.18 Å². The maximum Gasteiger partial charge on any atom is 0.251 e. The maximum absolute atomic E-state index is 12.1. The van der Waals surface area contributed by atoms with E-state index < -0.39 is 6.04 Å². The Labute approximate surface area is 190 Å². The molecule has 1 unspecified atom stereocenters. The molecular formula is C28H32N2O2. The van der Waals surface area contributed by atoms with Gasteiger partial charge in [-0.2, -0.15) is 0 Å². The molecule has 0 aromatic heterocycles. The fraction of sp³-hybridized carbons (Fsp3) is 0.393. The van der Waals surface area contributed by atoms with E-state index in [1.807, 2.05) is 43.3 Å². The van der Waals surface area contributed by atoms with Crippen LogP contribution in [0.5, 0.6) is 0 Å². The van der Waals surface area contributed by atoms with Gasteiger partial charge in [0.2, 0.25) is 0 Å². The van der Waals surface area contributed by atoms with Gasteiger partial charge in [-0.3, -0.25) is 4.79 Å². The number of benzene rings is 3. The number of rotatable bonds is 5. The Morgan fingerprint density at radius 3 is 2.16 bits per heavy atom. The summed E-state index contributed by atoms with van der Waals surface area (Å²) in [5.41, 5.74) is 5.35. The number of nitrogens with one attached hydrogen (secondary N) is 1. The van der Waals surface area contributed by atoms with Gasteiger partial charge in [0.1, 0.15) is 6.04 Å². The quantitative estimate of drug-likeness (QED) is 0.455. The third-order valence-electron chi connectivity index (χ3n) is 7.08. The summed E-state index contributed by atoms with van der Waals surface area (Å²) in [4.78, 5) is 24.2. The van der Waals surface area contributed by atoms with Gasteiger partial charge >= 0.3 is 0 Å². The van der Waals surface area contributed by atoms with E-state index in [0.29, 0.717) is 12.1 Å². The normalized spacial score (nSPS) is 17.4. The van der Waals surface area contributed by atoms with E-state index in [0.717, 1.165) is 34.7 Å². The second-order valence-electron chi connectivity index (χ2n) is 10.3. The van der Waals surface area contributed by atoms with E-state index >= 15 is 0 Å². The van der Waals surface area contributed by atoms with Gasteiger partial charge in [-0.1, -0.05) is 69.3 Å². The molecule has 0 fully saturated rings. The lowest BCUT2D eigenvalue weighted by molar-refractivity contribution is 0.0956. The highest BCUT2D eigenvalue weighted by Crippen LogP contribution is 2.46. The molecule has 0 radical (unpaired) electrons. The number of hydrogen-bond acceptors (Lipinski definition) is 3. The average molecular weight is 429 g/mol. The van der Waals surface area contributed by atoms with Gasteiger partial charge in [0, 0.05) is 12.1 Å². The van der Waals surface area contributed by atoms with Crippen molar-refractivity contribution in [3.05, 3.63) is 87.3 Å². The molecule has 1 amide bonds. The minimum absolute atomic E-state index is 0.0765. The minimum atomic E-state index is -0.561. The Balaban J connectivity index is 1.73. The average Bonchev–Trinajstić information content (AvgIpc) is 2.77. The van der Waals surface area contributed by atoms with Crippen LogP contribution in [-0.2, 0) is 10.8 Å². The number of carbonyl (C=O) groups is 1. The number of amides is 1. The molecule has 4 nitrogen and oxygen atoms in total. The van der Waals surface area contributed by atoms with E-state index in [1.165, 1.54) is 11.1 Å². The smallest absolute Gasteiger partial charge is 0.251 e. The summed E-state index contributed by atoms with van der Waals surface area (Å²) in [5, 5.41) is 8.31. The summed E-state index contributed by atoms with van der Waals surface area (Å²) in [6, 6.07) is 17.5. The van der Waals surface area contributed by atoms with Crippen molar-refractivity contribution in [1.82, 2.24) is 5.32 Å². The topological polar surface area (TPSA) is 58.5 Å². The molecule has 166 valence electrons. The van der Waals surface area contributed by atoms with Gasteiger partial charge in [-0.05, 0) is 81.8 Å². The van der Waals surface area contributed by atoms with Crippen LogP contribution in [0.25, 0.3) is 10.8 Å². The Bertz CT molecular complexity index is 1190. The molecule has 0 spiro atoms. The zero-order chi connectivity index (χ0) is 23.1. The lowest BCUT2D eigenvalue weighted by Gasteiger charge is -2.42. The Kier molecular flexibility index (Phi) is 5.66. The maximum atomic E-state index is 12.1. The summed E-state index contributed by atoms with van der Waals surface area (Å²) in [5.74, 6) is -0.0782. The fourth-order valence-corrected chi connectivity index (χ4v) is 4.93. The molecule has 1 aliphatic carbocycles. The number of nitroso groups, excluding NO2 is 1. The van der Waals surface area contributed by atoms with Gasteiger partial charge in [0.05, 0.1) is 0 Å². The van der Waals surface area contributed by atoms with Crippen molar-refractivity contribution in [1.29, 1.82) is 0 Å². The van der Waals surface area contributed by atoms with Crippen molar-refractivity contribution in [3.63, 3.8) is 0 Å². The monoisotopic (exact) mass is 428 g/mol. The van der Waals surface area contributed by atoms with Crippen LogP contribution in [-0.4, -0.2) is 12.5 Å². The molecule has 3 aromatic carbocycles. The molecular weight excluding hydrogens is 396 g/mol. The molecule has 4 rings (SSSR count). The standard InChI is InChI=1S/C28H32N2O2/c1-6-29-26(31)22-10-8-18-15-20(9-7-19(18)16-22)25(30-32)21-11-12-23-24(17-21)28(4,5)14-13-27(23,2)3/h7-12,15-17,25H,6,13-14H2,1-5H3,(H,29,31). The van der Waals surface area contributed by atoms with Gasteiger partial charge in [-0.15, -0.1) is 4.91 Å². The number of hydrogen-bond donors (Lipinski definition) is 1. The molecule has 3 aromatic rings.